The average Bonchev–Trinajstić information content (AvgIpc) is 2.79. The van der Waals surface area contributed by atoms with Crippen LogP contribution in [0.4, 0.5) is 0 Å². The summed E-state index contributed by atoms with van der Waals surface area (Å²) >= 11 is 0. The molecular formula is C14H21N. The zero-order valence-electron chi connectivity index (χ0n) is 9.96. The van der Waals surface area contributed by atoms with Gasteiger partial charge < -0.3 is 5.73 Å². The van der Waals surface area contributed by atoms with Gasteiger partial charge in [-0.2, -0.15) is 0 Å². The third-order valence-corrected chi connectivity index (χ3v) is 3.70. The molecule has 1 aliphatic rings. The van der Waals surface area contributed by atoms with Gasteiger partial charge in [0.25, 0.3) is 0 Å². The highest BCUT2D eigenvalue weighted by molar-refractivity contribution is 5.22. The fraction of sp³-hybridized carbons (Fsp3) is 0.571. The first-order valence-electron chi connectivity index (χ1n) is 5.80. The van der Waals surface area contributed by atoms with Crippen LogP contribution in [0.1, 0.15) is 31.4 Å². The third-order valence-electron chi connectivity index (χ3n) is 3.70. The van der Waals surface area contributed by atoms with Gasteiger partial charge in [0.05, 0.1) is 0 Å². The summed E-state index contributed by atoms with van der Waals surface area (Å²) in [7, 11) is 0. The minimum atomic E-state index is 0.336. The molecule has 1 aromatic carbocycles. The van der Waals surface area contributed by atoms with E-state index in [2.05, 4.69) is 45.0 Å². The van der Waals surface area contributed by atoms with Crippen molar-refractivity contribution in [3.8, 4) is 0 Å². The Bertz CT molecular complexity index is 337. The molecule has 0 spiro atoms. The fourth-order valence-electron chi connectivity index (χ4n) is 2.38. The van der Waals surface area contributed by atoms with E-state index in [0.29, 0.717) is 11.5 Å². The molecule has 0 radical (unpaired) electrons. The number of hydrogen-bond acceptors (Lipinski definition) is 1. The largest absolute Gasteiger partial charge is 0.327 e. The highest BCUT2D eigenvalue weighted by Crippen LogP contribution is 2.53. The van der Waals surface area contributed by atoms with Crippen molar-refractivity contribution in [2.24, 2.45) is 17.1 Å². The van der Waals surface area contributed by atoms with Crippen molar-refractivity contribution < 1.29 is 0 Å². The molecule has 15 heavy (non-hydrogen) atoms. The maximum Gasteiger partial charge on any atom is 0.0113 e. The highest BCUT2D eigenvalue weighted by atomic mass is 14.7. The molecule has 0 aliphatic heterocycles. The number of benzene rings is 1. The first kappa shape index (κ1) is 10.7. The summed E-state index contributed by atoms with van der Waals surface area (Å²) in [5, 5.41) is 0. The van der Waals surface area contributed by atoms with Gasteiger partial charge in [-0.05, 0) is 36.7 Å². The van der Waals surface area contributed by atoms with Gasteiger partial charge in [-0.3, -0.25) is 0 Å². The zero-order valence-corrected chi connectivity index (χ0v) is 9.96. The minimum Gasteiger partial charge on any atom is -0.327 e. The Kier molecular flexibility index (Phi) is 2.59. The van der Waals surface area contributed by atoms with Gasteiger partial charge in [-0.15, -0.1) is 0 Å². The predicted molar refractivity (Wildman–Crippen MR) is 64.7 cm³/mol. The van der Waals surface area contributed by atoms with Crippen LogP contribution in [0.25, 0.3) is 0 Å². The van der Waals surface area contributed by atoms with Crippen molar-refractivity contribution in [3.63, 3.8) is 0 Å². The molecule has 0 aromatic heterocycles. The van der Waals surface area contributed by atoms with Crippen LogP contribution in [-0.4, -0.2) is 6.04 Å². The summed E-state index contributed by atoms with van der Waals surface area (Å²) in [5.74, 6) is 0.721. The first-order valence-corrected chi connectivity index (χ1v) is 5.80. The van der Waals surface area contributed by atoms with E-state index in [1.807, 2.05) is 0 Å². The third kappa shape index (κ3) is 2.40. The SMILES string of the molecule is Cc1ccc(CC(N)C2CC2(C)C)cc1. The van der Waals surface area contributed by atoms with Crippen molar-refractivity contribution in [2.75, 3.05) is 0 Å². The van der Waals surface area contributed by atoms with Crippen LogP contribution in [0.3, 0.4) is 0 Å². The Hall–Kier alpha value is -0.820. The van der Waals surface area contributed by atoms with Crippen LogP contribution in [0.15, 0.2) is 24.3 Å². The molecule has 1 nitrogen and oxygen atoms in total. The van der Waals surface area contributed by atoms with Gasteiger partial charge in [0.2, 0.25) is 0 Å². The van der Waals surface area contributed by atoms with E-state index in [4.69, 9.17) is 5.73 Å². The van der Waals surface area contributed by atoms with Gasteiger partial charge in [0.15, 0.2) is 0 Å². The number of hydrogen-bond donors (Lipinski definition) is 1. The van der Waals surface area contributed by atoms with Crippen molar-refractivity contribution in [2.45, 2.75) is 39.7 Å². The van der Waals surface area contributed by atoms with E-state index in [1.54, 1.807) is 0 Å². The molecular weight excluding hydrogens is 182 g/mol. The molecule has 2 unspecified atom stereocenters. The summed E-state index contributed by atoms with van der Waals surface area (Å²) in [5.41, 5.74) is 9.40. The Morgan fingerprint density at radius 1 is 1.33 bits per heavy atom. The summed E-state index contributed by atoms with van der Waals surface area (Å²) in [6.07, 6.45) is 2.31. The van der Waals surface area contributed by atoms with E-state index >= 15 is 0 Å². The van der Waals surface area contributed by atoms with Crippen LogP contribution in [0.5, 0.6) is 0 Å². The lowest BCUT2D eigenvalue weighted by atomic mass is 9.98. The summed E-state index contributed by atoms with van der Waals surface area (Å²) in [6.45, 7) is 6.74. The first-order chi connectivity index (χ1) is 6.99. The summed E-state index contributed by atoms with van der Waals surface area (Å²) in [6, 6.07) is 9.07. The van der Waals surface area contributed by atoms with E-state index < -0.39 is 0 Å². The summed E-state index contributed by atoms with van der Waals surface area (Å²) in [4.78, 5) is 0. The molecule has 1 aliphatic carbocycles. The van der Waals surface area contributed by atoms with Gasteiger partial charge >= 0.3 is 0 Å². The lowest BCUT2D eigenvalue weighted by Gasteiger charge is -2.13. The maximum absolute atomic E-state index is 6.22. The molecule has 2 rings (SSSR count). The lowest BCUT2D eigenvalue weighted by Crippen LogP contribution is -2.27. The normalized spacial score (nSPS) is 24.9. The number of aryl methyl sites for hydroxylation is 1. The molecule has 1 heteroatoms. The van der Waals surface area contributed by atoms with Gasteiger partial charge in [-0.1, -0.05) is 43.7 Å². The smallest absolute Gasteiger partial charge is 0.0113 e. The topological polar surface area (TPSA) is 26.0 Å². The number of nitrogens with two attached hydrogens (primary N) is 1. The molecule has 0 bridgehead atoms. The van der Waals surface area contributed by atoms with Gasteiger partial charge in [0.1, 0.15) is 0 Å². The lowest BCUT2D eigenvalue weighted by molar-refractivity contribution is 0.476. The van der Waals surface area contributed by atoms with Crippen molar-refractivity contribution in [3.05, 3.63) is 35.4 Å². The minimum absolute atomic E-state index is 0.336. The Morgan fingerprint density at radius 3 is 2.33 bits per heavy atom. The quantitative estimate of drug-likeness (QED) is 0.803. The standard InChI is InChI=1S/C14H21N/c1-10-4-6-11(7-5-10)8-13(15)12-9-14(12,2)3/h4-7,12-13H,8-9,15H2,1-3H3. The van der Waals surface area contributed by atoms with E-state index in [0.717, 1.165) is 12.3 Å². The molecule has 0 saturated heterocycles. The van der Waals surface area contributed by atoms with E-state index in [9.17, 15) is 0 Å². The average molecular weight is 203 g/mol. The zero-order chi connectivity index (χ0) is 11.1. The van der Waals surface area contributed by atoms with Gasteiger partial charge in [0, 0.05) is 6.04 Å². The highest BCUT2D eigenvalue weighted by Gasteiger charge is 2.48. The molecule has 82 valence electrons. The number of rotatable bonds is 3. The molecule has 1 aromatic rings. The van der Waals surface area contributed by atoms with Crippen LogP contribution in [0, 0.1) is 18.3 Å². The second kappa shape index (κ2) is 3.64. The Morgan fingerprint density at radius 2 is 1.87 bits per heavy atom. The second-order valence-corrected chi connectivity index (χ2v) is 5.65. The predicted octanol–water partition coefficient (Wildman–Crippen LogP) is 2.91. The maximum atomic E-state index is 6.22. The van der Waals surface area contributed by atoms with Crippen molar-refractivity contribution in [1.82, 2.24) is 0 Å². The monoisotopic (exact) mass is 203 g/mol. The van der Waals surface area contributed by atoms with Crippen LogP contribution < -0.4 is 5.73 Å². The molecule has 2 N–H and O–H groups in total. The molecule has 1 saturated carbocycles. The van der Waals surface area contributed by atoms with Crippen molar-refractivity contribution in [1.29, 1.82) is 0 Å². The fourth-order valence-corrected chi connectivity index (χ4v) is 2.38. The molecule has 1 fully saturated rings. The Balaban J connectivity index is 1.95. The Labute approximate surface area is 92.7 Å². The van der Waals surface area contributed by atoms with Gasteiger partial charge in [-0.25, -0.2) is 0 Å². The van der Waals surface area contributed by atoms with Crippen LogP contribution in [-0.2, 0) is 6.42 Å². The molecule has 0 amide bonds. The molecule has 2 atom stereocenters. The van der Waals surface area contributed by atoms with Crippen LogP contribution in [0.2, 0.25) is 0 Å². The second-order valence-electron chi connectivity index (χ2n) is 5.65. The summed E-state index contributed by atoms with van der Waals surface area (Å²) < 4.78 is 0. The molecule has 0 heterocycles. The van der Waals surface area contributed by atoms with E-state index in [1.165, 1.54) is 17.5 Å². The van der Waals surface area contributed by atoms with Crippen molar-refractivity contribution >= 4 is 0 Å². The van der Waals surface area contributed by atoms with E-state index in [-0.39, 0.29) is 0 Å². The van der Waals surface area contributed by atoms with Crippen LogP contribution >= 0.6 is 0 Å².